The summed E-state index contributed by atoms with van der Waals surface area (Å²) in [6.45, 7) is 1.16. The van der Waals surface area contributed by atoms with Crippen molar-refractivity contribution in [1.82, 2.24) is 15.2 Å². The van der Waals surface area contributed by atoms with Gasteiger partial charge in [-0.25, -0.2) is 10.0 Å². The van der Waals surface area contributed by atoms with Gasteiger partial charge in [0.15, 0.2) is 5.58 Å². The summed E-state index contributed by atoms with van der Waals surface area (Å²) in [6.07, 6.45) is 2.38. The summed E-state index contributed by atoms with van der Waals surface area (Å²) in [5.74, 6) is 0.325. The molecule has 0 N–H and O–H groups in total. The van der Waals surface area contributed by atoms with Crippen LogP contribution in [-0.4, -0.2) is 34.3 Å². The van der Waals surface area contributed by atoms with Crippen LogP contribution in [0.5, 0.6) is 0 Å². The van der Waals surface area contributed by atoms with Crippen LogP contribution in [0, 0.1) is 0 Å². The first-order valence-electron chi connectivity index (χ1n) is 8.65. The number of hydrogen-bond acceptors (Lipinski definition) is 6. The molecule has 0 saturated carbocycles. The Morgan fingerprint density at radius 3 is 2.81 bits per heavy atom. The second kappa shape index (κ2) is 6.37. The van der Waals surface area contributed by atoms with Crippen molar-refractivity contribution >= 4 is 16.9 Å². The van der Waals surface area contributed by atoms with Crippen molar-refractivity contribution < 1.29 is 18.6 Å². The molecular formula is C20H15N3O4. The summed E-state index contributed by atoms with van der Waals surface area (Å²) in [4.78, 5) is 22.4. The van der Waals surface area contributed by atoms with Crippen LogP contribution < -0.4 is 0 Å². The number of fused-ring (bicyclic) bond motifs is 1. The van der Waals surface area contributed by atoms with Gasteiger partial charge in [-0.05, 0) is 36.8 Å². The van der Waals surface area contributed by atoms with Gasteiger partial charge in [-0.1, -0.05) is 23.4 Å². The van der Waals surface area contributed by atoms with Crippen LogP contribution in [0.15, 0.2) is 63.7 Å². The van der Waals surface area contributed by atoms with Gasteiger partial charge in [0.05, 0.1) is 18.5 Å². The Hall–Kier alpha value is -3.45. The standard InChI is InChI=1S/C20H15N3O4/c24-20(23-9-4-10-26-23)14-7-8-17-15(11-14)18(22-27-17)16-12-25-19(21-16)13-5-2-1-3-6-13/h1-3,5-8,11-12H,4,9-10H2. The Balaban J connectivity index is 1.53. The van der Waals surface area contributed by atoms with Gasteiger partial charge >= 0.3 is 0 Å². The number of carbonyl (C=O) groups is 1. The van der Waals surface area contributed by atoms with E-state index in [1.165, 1.54) is 11.3 Å². The van der Waals surface area contributed by atoms with E-state index < -0.39 is 0 Å². The lowest BCUT2D eigenvalue weighted by Gasteiger charge is -2.13. The molecule has 0 bridgehead atoms. The molecule has 2 aromatic heterocycles. The fraction of sp³-hybridized carbons (Fsp3) is 0.150. The lowest BCUT2D eigenvalue weighted by Crippen LogP contribution is -2.26. The first-order valence-corrected chi connectivity index (χ1v) is 8.65. The maximum Gasteiger partial charge on any atom is 0.277 e. The predicted octanol–water partition coefficient (Wildman–Crippen LogP) is 3.93. The second-order valence-electron chi connectivity index (χ2n) is 6.24. The first kappa shape index (κ1) is 15.8. The number of hydroxylamine groups is 2. The Morgan fingerprint density at radius 2 is 2.00 bits per heavy atom. The summed E-state index contributed by atoms with van der Waals surface area (Å²) >= 11 is 0. The van der Waals surface area contributed by atoms with Crippen molar-refractivity contribution in [2.45, 2.75) is 6.42 Å². The predicted molar refractivity (Wildman–Crippen MR) is 96.5 cm³/mol. The zero-order valence-corrected chi connectivity index (χ0v) is 14.3. The van der Waals surface area contributed by atoms with Gasteiger partial charge in [-0.2, -0.15) is 0 Å². The van der Waals surface area contributed by atoms with Crippen LogP contribution in [-0.2, 0) is 4.84 Å². The van der Waals surface area contributed by atoms with Gasteiger partial charge in [0, 0.05) is 11.1 Å². The molecule has 3 heterocycles. The number of nitrogens with zero attached hydrogens (tertiary/aromatic N) is 3. The maximum atomic E-state index is 12.6. The molecule has 1 aliphatic rings. The molecule has 2 aromatic carbocycles. The van der Waals surface area contributed by atoms with E-state index in [4.69, 9.17) is 13.8 Å². The Labute approximate surface area is 154 Å². The van der Waals surface area contributed by atoms with E-state index in [0.29, 0.717) is 47.0 Å². The molecule has 1 aliphatic heterocycles. The summed E-state index contributed by atoms with van der Waals surface area (Å²) < 4.78 is 11.0. The minimum atomic E-state index is -0.174. The van der Waals surface area contributed by atoms with Gasteiger partial charge < -0.3 is 8.94 Å². The molecule has 134 valence electrons. The van der Waals surface area contributed by atoms with Crippen molar-refractivity contribution in [2.75, 3.05) is 13.2 Å². The van der Waals surface area contributed by atoms with Gasteiger partial charge in [-0.15, -0.1) is 0 Å². The average Bonchev–Trinajstić information content (AvgIpc) is 3.47. The number of aromatic nitrogens is 2. The van der Waals surface area contributed by atoms with Gasteiger partial charge in [0.2, 0.25) is 5.89 Å². The van der Waals surface area contributed by atoms with E-state index in [-0.39, 0.29) is 5.91 Å². The average molecular weight is 361 g/mol. The summed E-state index contributed by atoms with van der Waals surface area (Å²) in [5, 5.41) is 6.21. The monoisotopic (exact) mass is 361 g/mol. The van der Waals surface area contributed by atoms with E-state index in [1.54, 1.807) is 18.2 Å². The molecule has 27 heavy (non-hydrogen) atoms. The second-order valence-corrected chi connectivity index (χ2v) is 6.24. The smallest absolute Gasteiger partial charge is 0.277 e. The third-order valence-corrected chi connectivity index (χ3v) is 4.46. The summed E-state index contributed by atoms with van der Waals surface area (Å²) in [7, 11) is 0. The Kier molecular flexibility index (Phi) is 3.72. The molecule has 7 heteroatoms. The number of hydrogen-bond donors (Lipinski definition) is 0. The van der Waals surface area contributed by atoms with Crippen molar-refractivity contribution in [1.29, 1.82) is 0 Å². The van der Waals surface area contributed by atoms with Gasteiger partial charge in [0.1, 0.15) is 17.7 Å². The molecule has 0 unspecified atom stereocenters. The number of benzene rings is 2. The number of oxazole rings is 1. The van der Waals surface area contributed by atoms with E-state index in [2.05, 4.69) is 10.1 Å². The molecule has 0 atom stereocenters. The van der Waals surface area contributed by atoms with Crippen LogP contribution in [0.25, 0.3) is 33.8 Å². The van der Waals surface area contributed by atoms with Crippen LogP contribution in [0.2, 0.25) is 0 Å². The summed E-state index contributed by atoms with van der Waals surface area (Å²) in [5.41, 5.74) is 3.05. The topological polar surface area (TPSA) is 81.6 Å². The van der Waals surface area contributed by atoms with Gasteiger partial charge in [0.25, 0.3) is 5.91 Å². The molecule has 1 amide bonds. The first-order chi connectivity index (χ1) is 13.3. The minimum absolute atomic E-state index is 0.174. The van der Waals surface area contributed by atoms with Crippen LogP contribution in [0.3, 0.4) is 0 Å². The van der Waals surface area contributed by atoms with Crippen LogP contribution >= 0.6 is 0 Å². The molecule has 1 fully saturated rings. The molecule has 7 nitrogen and oxygen atoms in total. The number of amides is 1. The van der Waals surface area contributed by atoms with Crippen molar-refractivity contribution in [3.05, 3.63) is 60.4 Å². The highest BCUT2D eigenvalue weighted by atomic mass is 16.7. The van der Waals surface area contributed by atoms with Crippen molar-refractivity contribution in [3.8, 4) is 22.8 Å². The molecule has 0 aliphatic carbocycles. The molecule has 5 rings (SSSR count). The molecule has 0 spiro atoms. The molecular weight excluding hydrogens is 346 g/mol. The highest BCUT2D eigenvalue weighted by molar-refractivity contribution is 6.00. The SMILES string of the molecule is O=C(c1ccc2onc(-c3coc(-c4ccccc4)n3)c2c1)N1CCCO1. The third-order valence-electron chi connectivity index (χ3n) is 4.46. The lowest BCUT2D eigenvalue weighted by atomic mass is 10.1. The quantitative estimate of drug-likeness (QED) is 0.550. The number of carbonyl (C=O) groups excluding carboxylic acids is 1. The third kappa shape index (κ3) is 2.78. The maximum absolute atomic E-state index is 12.6. The highest BCUT2D eigenvalue weighted by Gasteiger charge is 2.23. The fourth-order valence-corrected chi connectivity index (χ4v) is 3.10. The number of rotatable bonds is 3. The highest BCUT2D eigenvalue weighted by Crippen LogP contribution is 2.30. The summed E-state index contributed by atoms with van der Waals surface area (Å²) in [6, 6.07) is 14.8. The van der Waals surface area contributed by atoms with Crippen LogP contribution in [0.1, 0.15) is 16.8 Å². The normalized spacial score (nSPS) is 14.1. The van der Waals surface area contributed by atoms with E-state index in [1.807, 2.05) is 30.3 Å². The fourth-order valence-electron chi connectivity index (χ4n) is 3.10. The van der Waals surface area contributed by atoms with Crippen molar-refractivity contribution in [3.63, 3.8) is 0 Å². The van der Waals surface area contributed by atoms with Crippen molar-refractivity contribution in [2.24, 2.45) is 0 Å². The largest absolute Gasteiger partial charge is 0.444 e. The zero-order valence-electron chi connectivity index (χ0n) is 14.3. The van der Waals surface area contributed by atoms with Gasteiger partial charge in [-0.3, -0.25) is 9.63 Å². The van der Waals surface area contributed by atoms with E-state index in [9.17, 15) is 4.79 Å². The molecule has 1 saturated heterocycles. The Morgan fingerprint density at radius 1 is 1.11 bits per heavy atom. The molecule has 0 radical (unpaired) electrons. The van der Waals surface area contributed by atoms with Crippen LogP contribution in [0.4, 0.5) is 0 Å². The van der Waals surface area contributed by atoms with E-state index in [0.717, 1.165) is 12.0 Å². The zero-order chi connectivity index (χ0) is 18.2. The molecule has 4 aromatic rings. The minimum Gasteiger partial charge on any atom is -0.444 e. The lowest BCUT2D eigenvalue weighted by molar-refractivity contribution is -0.0768. The van der Waals surface area contributed by atoms with E-state index >= 15 is 0 Å². The Bertz CT molecular complexity index is 1110.